The number of carbonyl (C=O) groups excluding carboxylic acids is 1. The standard InChI is InChI=1S/C19H23N3OS/c1-24-18-10-6-5-9-17(18)20-19(23)15-21-11-13-22(14-12-21)16-7-3-2-4-8-16/h2-10H,11-15H2,1H3,(H,20,23). The predicted molar refractivity (Wildman–Crippen MR) is 102 cm³/mol. The van der Waals surface area contributed by atoms with Crippen LogP contribution in [0, 0.1) is 0 Å². The molecule has 0 radical (unpaired) electrons. The third kappa shape index (κ3) is 4.30. The van der Waals surface area contributed by atoms with Crippen LogP contribution in [-0.2, 0) is 4.79 Å². The average molecular weight is 341 g/mol. The van der Waals surface area contributed by atoms with Crippen LogP contribution in [0.25, 0.3) is 0 Å². The molecule has 2 aromatic rings. The van der Waals surface area contributed by atoms with Crippen molar-refractivity contribution in [3.05, 3.63) is 54.6 Å². The van der Waals surface area contributed by atoms with Crippen LogP contribution in [0.1, 0.15) is 0 Å². The first kappa shape index (κ1) is 16.9. The van der Waals surface area contributed by atoms with Gasteiger partial charge in [-0.2, -0.15) is 0 Å². The number of amides is 1. The summed E-state index contributed by atoms with van der Waals surface area (Å²) < 4.78 is 0. The SMILES string of the molecule is CSc1ccccc1NC(=O)CN1CCN(c2ccccc2)CC1. The molecule has 1 aliphatic rings. The van der Waals surface area contributed by atoms with Crippen molar-refractivity contribution < 1.29 is 4.79 Å². The molecular weight excluding hydrogens is 318 g/mol. The van der Waals surface area contributed by atoms with Gasteiger partial charge in [-0.15, -0.1) is 11.8 Å². The van der Waals surface area contributed by atoms with Crippen LogP contribution < -0.4 is 10.2 Å². The van der Waals surface area contributed by atoms with Crippen LogP contribution in [0.4, 0.5) is 11.4 Å². The van der Waals surface area contributed by atoms with Crippen molar-refractivity contribution in [3.8, 4) is 0 Å². The fraction of sp³-hybridized carbons (Fsp3) is 0.316. The molecular formula is C19H23N3OS. The molecule has 1 aliphatic heterocycles. The largest absolute Gasteiger partial charge is 0.369 e. The fourth-order valence-electron chi connectivity index (χ4n) is 2.94. The first-order valence-electron chi connectivity index (χ1n) is 8.21. The van der Waals surface area contributed by atoms with E-state index >= 15 is 0 Å². The highest BCUT2D eigenvalue weighted by Gasteiger charge is 2.19. The van der Waals surface area contributed by atoms with Crippen molar-refractivity contribution in [2.45, 2.75) is 4.90 Å². The number of nitrogens with one attached hydrogen (secondary N) is 1. The molecule has 5 heteroatoms. The van der Waals surface area contributed by atoms with Crippen LogP contribution >= 0.6 is 11.8 Å². The van der Waals surface area contributed by atoms with E-state index in [2.05, 4.69) is 39.4 Å². The zero-order valence-electron chi connectivity index (χ0n) is 13.9. The molecule has 2 aromatic carbocycles. The van der Waals surface area contributed by atoms with Gasteiger partial charge >= 0.3 is 0 Å². The van der Waals surface area contributed by atoms with Gasteiger partial charge in [0.2, 0.25) is 5.91 Å². The molecule has 1 N–H and O–H groups in total. The number of hydrogen-bond acceptors (Lipinski definition) is 4. The number of rotatable bonds is 5. The summed E-state index contributed by atoms with van der Waals surface area (Å²) in [7, 11) is 0. The molecule has 0 spiro atoms. The molecule has 1 saturated heterocycles. The third-order valence-electron chi connectivity index (χ3n) is 4.24. The minimum Gasteiger partial charge on any atom is -0.369 e. The van der Waals surface area contributed by atoms with E-state index < -0.39 is 0 Å². The summed E-state index contributed by atoms with van der Waals surface area (Å²) in [6.45, 7) is 4.18. The Kier molecular flexibility index (Phi) is 5.77. The highest BCUT2D eigenvalue weighted by atomic mass is 32.2. The second-order valence-corrected chi connectivity index (χ2v) is 6.70. The minimum absolute atomic E-state index is 0.0599. The van der Waals surface area contributed by atoms with Gasteiger partial charge in [-0.25, -0.2) is 0 Å². The Balaban J connectivity index is 1.50. The van der Waals surface area contributed by atoms with Crippen molar-refractivity contribution in [2.24, 2.45) is 0 Å². The van der Waals surface area contributed by atoms with Gasteiger partial charge in [0.05, 0.1) is 12.2 Å². The number of hydrogen-bond donors (Lipinski definition) is 1. The smallest absolute Gasteiger partial charge is 0.238 e. The van der Waals surface area contributed by atoms with Crippen molar-refractivity contribution in [2.75, 3.05) is 49.2 Å². The lowest BCUT2D eigenvalue weighted by Gasteiger charge is -2.35. The fourth-order valence-corrected chi connectivity index (χ4v) is 3.50. The van der Waals surface area contributed by atoms with Gasteiger partial charge in [0.15, 0.2) is 0 Å². The number of carbonyl (C=O) groups is 1. The molecule has 24 heavy (non-hydrogen) atoms. The lowest BCUT2D eigenvalue weighted by atomic mass is 10.2. The number of para-hydroxylation sites is 2. The van der Waals surface area contributed by atoms with Crippen LogP contribution in [0.3, 0.4) is 0 Å². The highest BCUT2D eigenvalue weighted by Crippen LogP contribution is 2.24. The van der Waals surface area contributed by atoms with Crippen LogP contribution in [0.2, 0.25) is 0 Å². The van der Waals surface area contributed by atoms with Gasteiger partial charge in [0.25, 0.3) is 0 Å². The molecule has 126 valence electrons. The number of benzene rings is 2. The summed E-state index contributed by atoms with van der Waals surface area (Å²) in [6.07, 6.45) is 2.02. The number of piperazine rings is 1. The van der Waals surface area contributed by atoms with Crippen molar-refractivity contribution in [1.82, 2.24) is 4.90 Å². The first-order valence-corrected chi connectivity index (χ1v) is 9.44. The Bertz CT molecular complexity index is 669. The Morgan fingerprint density at radius 3 is 2.38 bits per heavy atom. The maximum Gasteiger partial charge on any atom is 0.238 e. The molecule has 0 aromatic heterocycles. The summed E-state index contributed by atoms with van der Waals surface area (Å²) in [5.41, 5.74) is 2.16. The molecule has 4 nitrogen and oxygen atoms in total. The summed E-state index contributed by atoms with van der Waals surface area (Å²) >= 11 is 1.65. The first-order chi connectivity index (χ1) is 11.8. The van der Waals surface area contributed by atoms with E-state index in [0.717, 1.165) is 36.8 Å². The monoisotopic (exact) mass is 341 g/mol. The maximum atomic E-state index is 12.3. The molecule has 1 heterocycles. The molecule has 3 rings (SSSR count). The van der Waals surface area contributed by atoms with E-state index in [-0.39, 0.29) is 5.91 Å². The Morgan fingerprint density at radius 1 is 1.00 bits per heavy atom. The van der Waals surface area contributed by atoms with Crippen LogP contribution in [-0.4, -0.2) is 49.8 Å². The van der Waals surface area contributed by atoms with Gasteiger partial charge in [0, 0.05) is 36.8 Å². The molecule has 0 bridgehead atoms. The van der Waals surface area contributed by atoms with Crippen molar-refractivity contribution in [1.29, 1.82) is 0 Å². The summed E-state index contributed by atoms with van der Waals surface area (Å²) in [6, 6.07) is 18.4. The second-order valence-electron chi connectivity index (χ2n) is 5.85. The van der Waals surface area contributed by atoms with Crippen LogP contribution in [0.15, 0.2) is 59.5 Å². The molecule has 1 fully saturated rings. The lowest BCUT2D eigenvalue weighted by molar-refractivity contribution is -0.117. The van der Waals surface area contributed by atoms with Gasteiger partial charge in [-0.1, -0.05) is 30.3 Å². The Labute approximate surface area is 147 Å². The summed E-state index contributed by atoms with van der Waals surface area (Å²) in [5.74, 6) is 0.0599. The average Bonchev–Trinajstić information content (AvgIpc) is 2.63. The van der Waals surface area contributed by atoms with Crippen LogP contribution in [0.5, 0.6) is 0 Å². The summed E-state index contributed by atoms with van der Waals surface area (Å²) in [4.78, 5) is 18.0. The van der Waals surface area contributed by atoms with E-state index in [9.17, 15) is 4.79 Å². The molecule has 0 unspecified atom stereocenters. The topological polar surface area (TPSA) is 35.6 Å². The van der Waals surface area contributed by atoms with Gasteiger partial charge in [-0.3, -0.25) is 9.69 Å². The van der Waals surface area contributed by atoms with E-state index in [1.165, 1.54) is 5.69 Å². The number of anilines is 2. The Hall–Kier alpha value is -1.98. The highest BCUT2D eigenvalue weighted by molar-refractivity contribution is 7.98. The van der Waals surface area contributed by atoms with Gasteiger partial charge < -0.3 is 10.2 Å². The number of thioether (sulfide) groups is 1. The quantitative estimate of drug-likeness (QED) is 0.848. The minimum atomic E-state index is 0.0599. The number of nitrogens with zero attached hydrogens (tertiary/aromatic N) is 2. The molecule has 0 saturated carbocycles. The zero-order valence-corrected chi connectivity index (χ0v) is 14.8. The maximum absolute atomic E-state index is 12.3. The molecule has 0 atom stereocenters. The second kappa shape index (κ2) is 8.22. The third-order valence-corrected chi connectivity index (χ3v) is 5.04. The molecule has 1 amide bonds. The van der Waals surface area contributed by atoms with Crippen molar-refractivity contribution in [3.63, 3.8) is 0 Å². The van der Waals surface area contributed by atoms with Gasteiger partial charge in [0.1, 0.15) is 0 Å². The molecule has 0 aliphatic carbocycles. The van der Waals surface area contributed by atoms with Gasteiger partial charge in [-0.05, 0) is 30.5 Å². The van der Waals surface area contributed by atoms with E-state index in [1.807, 2.05) is 36.6 Å². The summed E-state index contributed by atoms with van der Waals surface area (Å²) in [5, 5.41) is 3.04. The Morgan fingerprint density at radius 2 is 1.67 bits per heavy atom. The normalized spacial score (nSPS) is 15.3. The van der Waals surface area contributed by atoms with E-state index in [1.54, 1.807) is 11.8 Å². The lowest BCUT2D eigenvalue weighted by Crippen LogP contribution is -2.48. The zero-order chi connectivity index (χ0) is 16.8. The van der Waals surface area contributed by atoms with E-state index in [0.29, 0.717) is 6.54 Å². The van der Waals surface area contributed by atoms with E-state index in [4.69, 9.17) is 0 Å². The van der Waals surface area contributed by atoms with Crippen molar-refractivity contribution >= 4 is 29.0 Å². The predicted octanol–water partition coefficient (Wildman–Crippen LogP) is 3.17.